The number of urea groups is 1. The van der Waals surface area contributed by atoms with Gasteiger partial charge in [-0.1, -0.05) is 0 Å². The molecule has 7 nitrogen and oxygen atoms in total. The van der Waals surface area contributed by atoms with Crippen LogP contribution in [0.1, 0.15) is 13.3 Å². The molecule has 3 amide bonds. The largest absolute Gasteiger partial charge is 0.481 e. The summed E-state index contributed by atoms with van der Waals surface area (Å²) in [5.74, 6) is -1.06. The summed E-state index contributed by atoms with van der Waals surface area (Å²) in [6.07, 6.45) is 0.434. The monoisotopic (exact) mass is 271 g/mol. The van der Waals surface area contributed by atoms with Gasteiger partial charge in [-0.25, -0.2) is 4.79 Å². The first-order valence-corrected chi connectivity index (χ1v) is 6.11. The highest BCUT2D eigenvalue weighted by molar-refractivity contribution is 5.84. The van der Waals surface area contributed by atoms with Gasteiger partial charge in [-0.2, -0.15) is 0 Å². The number of amides is 3. The lowest BCUT2D eigenvalue weighted by Gasteiger charge is -2.26. The van der Waals surface area contributed by atoms with Gasteiger partial charge in [0, 0.05) is 34.2 Å². The number of carboxylic acid groups (broad SMARTS) is 1. The fraction of sp³-hybridized carbons (Fsp3) is 0.750. The van der Waals surface area contributed by atoms with Crippen LogP contribution < -0.4 is 0 Å². The lowest BCUT2D eigenvalue weighted by molar-refractivity contribution is -0.147. The van der Waals surface area contributed by atoms with Crippen LogP contribution in [0.15, 0.2) is 0 Å². The summed E-state index contributed by atoms with van der Waals surface area (Å²) in [5, 5.41) is 9.12. The Morgan fingerprint density at radius 2 is 1.84 bits per heavy atom. The normalized spacial score (nSPS) is 22.2. The fourth-order valence-corrected chi connectivity index (χ4v) is 1.95. The zero-order chi connectivity index (χ0) is 14.8. The van der Waals surface area contributed by atoms with Gasteiger partial charge in [-0.3, -0.25) is 9.59 Å². The van der Waals surface area contributed by atoms with Gasteiger partial charge in [0.1, 0.15) is 6.54 Å². The third-order valence-corrected chi connectivity index (χ3v) is 3.46. The molecule has 0 bridgehead atoms. The first kappa shape index (κ1) is 15.3. The van der Waals surface area contributed by atoms with Gasteiger partial charge in [0.2, 0.25) is 5.91 Å². The maximum Gasteiger partial charge on any atom is 0.320 e. The summed E-state index contributed by atoms with van der Waals surface area (Å²) in [7, 11) is 4.79. The van der Waals surface area contributed by atoms with Gasteiger partial charge in [0.05, 0.1) is 5.41 Å². The average Bonchev–Trinajstić information content (AvgIpc) is 2.72. The summed E-state index contributed by atoms with van der Waals surface area (Å²) in [4.78, 5) is 39.0. The van der Waals surface area contributed by atoms with Crippen molar-refractivity contribution in [2.45, 2.75) is 13.3 Å². The SMILES string of the molecule is CN(C)C(=O)CN(C)C(=O)N1CCC(C)(C(=O)O)C1. The van der Waals surface area contributed by atoms with Gasteiger partial charge in [0.15, 0.2) is 0 Å². The third-order valence-electron chi connectivity index (χ3n) is 3.46. The van der Waals surface area contributed by atoms with Crippen molar-refractivity contribution in [2.24, 2.45) is 5.41 Å². The molecule has 0 aromatic carbocycles. The van der Waals surface area contributed by atoms with Crippen LogP contribution in [0.5, 0.6) is 0 Å². The quantitative estimate of drug-likeness (QED) is 0.778. The highest BCUT2D eigenvalue weighted by atomic mass is 16.4. The highest BCUT2D eigenvalue weighted by Gasteiger charge is 2.42. The van der Waals surface area contributed by atoms with E-state index in [1.165, 1.54) is 14.7 Å². The molecule has 1 rings (SSSR count). The lowest BCUT2D eigenvalue weighted by atomic mass is 9.90. The first-order valence-electron chi connectivity index (χ1n) is 6.11. The van der Waals surface area contributed by atoms with Gasteiger partial charge in [-0.05, 0) is 13.3 Å². The average molecular weight is 271 g/mol. The fourth-order valence-electron chi connectivity index (χ4n) is 1.95. The number of likely N-dealkylation sites (N-methyl/N-ethyl adjacent to an activating group) is 2. The predicted octanol–water partition coefficient (Wildman–Crippen LogP) is -0.0770. The lowest BCUT2D eigenvalue weighted by Crippen LogP contribution is -2.45. The molecule has 1 aliphatic heterocycles. The maximum absolute atomic E-state index is 12.1. The van der Waals surface area contributed by atoms with E-state index in [0.717, 1.165) is 0 Å². The van der Waals surface area contributed by atoms with Crippen molar-refractivity contribution in [1.82, 2.24) is 14.7 Å². The third kappa shape index (κ3) is 3.36. The number of likely N-dealkylation sites (tertiary alicyclic amines) is 1. The molecule has 7 heteroatoms. The minimum absolute atomic E-state index is 0.00782. The van der Waals surface area contributed by atoms with Crippen LogP contribution in [-0.4, -0.2) is 78.5 Å². The van der Waals surface area contributed by atoms with Crippen molar-refractivity contribution in [3.63, 3.8) is 0 Å². The van der Waals surface area contributed by atoms with Crippen molar-refractivity contribution in [3.05, 3.63) is 0 Å². The smallest absolute Gasteiger partial charge is 0.320 e. The molecular weight excluding hydrogens is 250 g/mol. The molecule has 0 radical (unpaired) electrons. The summed E-state index contributed by atoms with van der Waals surface area (Å²) in [6.45, 7) is 2.21. The van der Waals surface area contributed by atoms with E-state index in [1.54, 1.807) is 28.1 Å². The molecule has 1 N–H and O–H groups in total. The molecule has 0 aromatic heterocycles. The van der Waals surface area contributed by atoms with E-state index in [9.17, 15) is 14.4 Å². The second kappa shape index (κ2) is 5.46. The molecule has 1 aliphatic rings. The Hall–Kier alpha value is -1.79. The second-order valence-corrected chi connectivity index (χ2v) is 5.46. The molecule has 1 atom stereocenters. The van der Waals surface area contributed by atoms with Crippen LogP contribution >= 0.6 is 0 Å². The van der Waals surface area contributed by atoms with Crippen LogP contribution in [0.2, 0.25) is 0 Å². The Morgan fingerprint density at radius 3 is 2.26 bits per heavy atom. The molecular formula is C12H21N3O4. The summed E-state index contributed by atoms with van der Waals surface area (Å²) >= 11 is 0. The van der Waals surface area contributed by atoms with Crippen molar-refractivity contribution < 1.29 is 19.5 Å². The topological polar surface area (TPSA) is 81.2 Å². The predicted molar refractivity (Wildman–Crippen MR) is 68.7 cm³/mol. The van der Waals surface area contributed by atoms with Crippen LogP contribution in [0.3, 0.4) is 0 Å². The molecule has 1 heterocycles. The molecule has 1 unspecified atom stereocenters. The minimum atomic E-state index is -0.894. The van der Waals surface area contributed by atoms with Crippen molar-refractivity contribution >= 4 is 17.9 Å². The number of hydrogen-bond donors (Lipinski definition) is 1. The molecule has 108 valence electrons. The molecule has 1 saturated heterocycles. The molecule has 0 saturated carbocycles. The number of rotatable bonds is 3. The van der Waals surface area contributed by atoms with Crippen LogP contribution in [0.25, 0.3) is 0 Å². The first-order chi connectivity index (χ1) is 8.67. The number of aliphatic carboxylic acids is 1. The standard InChI is InChI=1S/C12H21N3O4/c1-12(10(17)18)5-6-15(8-12)11(19)14(4)7-9(16)13(2)3/h5-8H2,1-4H3,(H,17,18). The van der Waals surface area contributed by atoms with Crippen molar-refractivity contribution in [2.75, 3.05) is 40.8 Å². The van der Waals surface area contributed by atoms with Gasteiger partial charge in [0.25, 0.3) is 0 Å². The zero-order valence-electron chi connectivity index (χ0n) is 11.8. The Bertz CT molecular complexity index is 396. The molecule has 19 heavy (non-hydrogen) atoms. The highest BCUT2D eigenvalue weighted by Crippen LogP contribution is 2.30. The van der Waals surface area contributed by atoms with Crippen molar-refractivity contribution in [1.29, 1.82) is 0 Å². The van der Waals surface area contributed by atoms with Crippen molar-refractivity contribution in [3.8, 4) is 0 Å². The van der Waals surface area contributed by atoms with Gasteiger partial charge >= 0.3 is 12.0 Å². The van der Waals surface area contributed by atoms with E-state index in [0.29, 0.717) is 13.0 Å². The Kier molecular flexibility index (Phi) is 4.39. The van der Waals surface area contributed by atoms with E-state index < -0.39 is 11.4 Å². The van der Waals surface area contributed by atoms with Crippen LogP contribution in [-0.2, 0) is 9.59 Å². The summed E-state index contributed by atoms with van der Waals surface area (Å²) < 4.78 is 0. The zero-order valence-corrected chi connectivity index (χ0v) is 11.8. The summed E-state index contributed by atoms with van der Waals surface area (Å²) in [6, 6.07) is -0.305. The molecule has 0 aliphatic carbocycles. The van der Waals surface area contributed by atoms with E-state index in [-0.39, 0.29) is 25.0 Å². The number of hydrogen-bond acceptors (Lipinski definition) is 3. The molecule has 1 fully saturated rings. The molecule has 0 aromatic rings. The van der Waals surface area contributed by atoms with Gasteiger partial charge < -0.3 is 19.8 Å². The Balaban J connectivity index is 2.60. The van der Waals surface area contributed by atoms with E-state index in [2.05, 4.69) is 0 Å². The Labute approximate surface area is 112 Å². The van der Waals surface area contributed by atoms with E-state index in [4.69, 9.17) is 5.11 Å². The summed E-state index contributed by atoms with van der Waals surface area (Å²) in [5.41, 5.74) is -0.887. The maximum atomic E-state index is 12.1. The van der Waals surface area contributed by atoms with Crippen LogP contribution in [0.4, 0.5) is 4.79 Å². The van der Waals surface area contributed by atoms with E-state index >= 15 is 0 Å². The number of nitrogens with zero attached hydrogens (tertiary/aromatic N) is 3. The van der Waals surface area contributed by atoms with E-state index in [1.807, 2.05) is 0 Å². The number of carbonyl (C=O) groups is 3. The second-order valence-electron chi connectivity index (χ2n) is 5.46. The minimum Gasteiger partial charge on any atom is -0.481 e. The molecule has 0 spiro atoms. The Morgan fingerprint density at radius 1 is 1.26 bits per heavy atom. The van der Waals surface area contributed by atoms with Crippen LogP contribution in [0, 0.1) is 5.41 Å². The number of carbonyl (C=O) groups excluding carboxylic acids is 2. The van der Waals surface area contributed by atoms with Gasteiger partial charge in [-0.15, -0.1) is 0 Å². The number of carboxylic acids is 1.